The summed E-state index contributed by atoms with van der Waals surface area (Å²) in [5, 5.41) is 5.82. The first-order chi connectivity index (χ1) is 8.17. The van der Waals surface area contributed by atoms with Gasteiger partial charge in [0.2, 0.25) is 0 Å². The van der Waals surface area contributed by atoms with E-state index in [1.807, 2.05) is 6.92 Å². The van der Waals surface area contributed by atoms with Gasteiger partial charge in [0.15, 0.2) is 0 Å². The molecule has 0 aromatic heterocycles. The van der Waals surface area contributed by atoms with Crippen LogP contribution in [0, 0.1) is 6.92 Å². The van der Waals surface area contributed by atoms with Gasteiger partial charge >= 0.3 is 6.03 Å². The Balaban J connectivity index is 2.59. The van der Waals surface area contributed by atoms with Crippen LogP contribution in [0.15, 0.2) is 24.3 Å². The normalized spacial score (nSPS) is 11.9. The predicted molar refractivity (Wildman–Crippen MR) is 71.0 cm³/mol. The second kappa shape index (κ2) is 6.94. The van der Waals surface area contributed by atoms with Crippen LogP contribution in [0.5, 0.6) is 0 Å². The highest BCUT2D eigenvalue weighted by Gasteiger charge is 2.11. The lowest BCUT2D eigenvalue weighted by Crippen LogP contribution is -2.38. The number of aryl methyl sites for hydroxylation is 1. The van der Waals surface area contributed by atoms with E-state index >= 15 is 0 Å². The molecule has 94 valence electrons. The number of urea groups is 1. The average Bonchev–Trinajstić information content (AvgIpc) is 2.34. The lowest BCUT2D eigenvalue weighted by molar-refractivity contribution is 0.236. The summed E-state index contributed by atoms with van der Waals surface area (Å²) in [4.78, 5) is 11.6. The van der Waals surface area contributed by atoms with Gasteiger partial charge in [-0.3, -0.25) is 0 Å². The topological polar surface area (TPSA) is 41.1 Å². The lowest BCUT2D eigenvalue weighted by Gasteiger charge is -2.18. The number of benzene rings is 1. The van der Waals surface area contributed by atoms with E-state index in [0.29, 0.717) is 0 Å². The second-order valence-corrected chi connectivity index (χ2v) is 4.27. The Morgan fingerprint density at radius 3 is 2.41 bits per heavy atom. The molecule has 1 atom stereocenters. The molecule has 17 heavy (non-hydrogen) atoms. The van der Waals surface area contributed by atoms with Crippen molar-refractivity contribution in [2.45, 2.75) is 39.7 Å². The van der Waals surface area contributed by atoms with Gasteiger partial charge in [0.25, 0.3) is 0 Å². The molecule has 0 spiro atoms. The molecule has 0 heterocycles. The van der Waals surface area contributed by atoms with Crippen molar-refractivity contribution in [3.05, 3.63) is 35.4 Å². The predicted octanol–water partition coefficient (Wildman–Crippen LogP) is 3.16. The van der Waals surface area contributed by atoms with Crippen LogP contribution in [0.25, 0.3) is 0 Å². The molecule has 0 aliphatic rings. The molecule has 3 nitrogen and oxygen atoms in total. The number of nitrogens with one attached hydrogen (secondary N) is 2. The van der Waals surface area contributed by atoms with Gasteiger partial charge in [-0.05, 0) is 25.3 Å². The average molecular weight is 234 g/mol. The Morgan fingerprint density at radius 2 is 1.88 bits per heavy atom. The summed E-state index contributed by atoms with van der Waals surface area (Å²) < 4.78 is 0. The summed E-state index contributed by atoms with van der Waals surface area (Å²) >= 11 is 0. The number of rotatable bonds is 5. The monoisotopic (exact) mass is 234 g/mol. The van der Waals surface area contributed by atoms with Crippen molar-refractivity contribution in [3.63, 3.8) is 0 Å². The first kappa shape index (κ1) is 13.6. The number of carbonyl (C=O) groups is 1. The SMILES string of the molecule is CCCNC(=O)NC(CC)c1ccc(C)cc1. The third kappa shape index (κ3) is 4.47. The third-order valence-corrected chi connectivity index (χ3v) is 2.73. The van der Waals surface area contributed by atoms with E-state index in [1.165, 1.54) is 5.56 Å². The van der Waals surface area contributed by atoms with E-state index in [-0.39, 0.29) is 12.1 Å². The molecular formula is C14H22N2O. The van der Waals surface area contributed by atoms with Crippen molar-refractivity contribution < 1.29 is 4.79 Å². The maximum Gasteiger partial charge on any atom is 0.315 e. The summed E-state index contributed by atoms with van der Waals surface area (Å²) in [5.74, 6) is 0. The molecular weight excluding hydrogens is 212 g/mol. The van der Waals surface area contributed by atoms with Crippen molar-refractivity contribution >= 4 is 6.03 Å². The fraction of sp³-hybridized carbons (Fsp3) is 0.500. The van der Waals surface area contributed by atoms with E-state index in [1.54, 1.807) is 0 Å². The largest absolute Gasteiger partial charge is 0.338 e. The van der Waals surface area contributed by atoms with E-state index in [4.69, 9.17) is 0 Å². The molecule has 1 aromatic rings. The van der Waals surface area contributed by atoms with Crippen LogP contribution >= 0.6 is 0 Å². The quantitative estimate of drug-likeness (QED) is 0.807. The Bertz CT molecular complexity index is 346. The van der Waals surface area contributed by atoms with Gasteiger partial charge in [-0.2, -0.15) is 0 Å². The molecule has 1 aromatic carbocycles. The highest BCUT2D eigenvalue weighted by Crippen LogP contribution is 2.16. The summed E-state index contributed by atoms with van der Waals surface area (Å²) in [6.45, 7) is 6.89. The van der Waals surface area contributed by atoms with Crippen molar-refractivity contribution in [2.75, 3.05) is 6.54 Å². The first-order valence-electron chi connectivity index (χ1n) is 6.28. The minimum Gasteiger partial charge on any atom is -0.338 e. The van der Waals surface area contributed by atoms with Gasteiger partial charge in [0.05, 0.1) is 6.04 Å². The van der Waals surface area contributed by atoms with Gasteiger partial charge in [-0.1, -0.05) is 43.7 Å². The van der Waals surface area contributed by atoms with Crippen molar-refractivity contribution in [3.8, 4) is 0 Å². The number of hydrogen-bond acceptors (Lipinski definition) is 1. The fourth-order valence-corrected chi connectivity index (χ4v) is 1.67. The molecule has 0 aliphatic carbocycles. The Hall–Kier alpha value is -1.51. The maximum absolute atomic E-state index is 11.6. The molecule has 0 bridgehead atoms. The van der Waals surface area contributed by atoms with Crippen molar-refractivity contribution in [1.82, 2.24) is 10.6 Å². The van der Waals surface area contributed by atoms with Gasteiger partial charge in [0.1, 0.15) is 0 Å². The number of amides is 2. The van der Waals surface area contributed by atoms with Gasteiger partial charge in [0, 0.05) is 6.54 Å². The zero-order valence-corrected chi connectivity index (χ0v) is 10.9. The summed E-state index contributed by atoms with van der Waals surface area (Å²) in [6, 6.07) is 8.30. The lowest BCUT2D eigenvalue weighted by atomic mass is 10.0. The van der Waals surface area contributed by atoms with Crippen molar-refractivity contribution in [2.24, 2.45) is 0 Å². The zero-order chi connectivity index (χ0) is 12.7. The highest BCUT2D eigenvalue weighted by molar-refractivity contribution is 5.74. The molecule has 1 rings (SSSR count). The zero-order valence-electron chi connectivity index (χ0n) is 10.9. The highest BCUT2D eigenvalue weighted by atomic mass is 16.2. The van der Waals surface area contributed by atoms with Crippen LogP contribution in [-0.4, -0.2) is 12.6 Å². The minimum absolute atomic E-state index is 0.0840. The van der Waals surface area contributed by atoms with E-state index in [0.717, 1.165) is 24.9 Å². The second-order valence-electron chi connectivity index (χ2n) is 4.27. The summed E-state index contributed by atoms with van der Waals surface area (Å²) in [7, 11) is 0. The van der Waals surface area contributed by atoms with Crippen LogP contribution in [0.4, 0.5) is 4.79 Å². The molecule has 1 unspecified atom stereocenters. The Labute approximate surface area is 104 Å². The molecule has 2 amide bonds. The maximum atomic E-state index is 11.6. The Kier molecular flexibility index (Phi) is 5.53. The van der Waals surface area contributed by atoms with Crippen LogP contribution in [-0.2, 0) is 0 Å². The van der Waals surface area contributed by atoms with Crippen LogP contribution in [0.2, 0.25) is 0 Å². The smallest absolute Gasteiger partial charge is 0.315 e. The Morgan fingerprint density at radius 1 is 1.24 bits per heavy atom. The van der Waals surface area contributed by atoms with E-state index in [2.05, 4.69) is 48.7 Å². The number of carbonyl (C=O) groups excluding carboxylic acids is 1. The van der Waals surface area contributed by atoms with Crippen LogP contribution in [0.1, 0.15) is 43.9 Å². The molecule has 0 fully saturated rings. The van der Waals surface area contributed by atoms with Crippen molar-refractivity contribution in [1.29, 1.82) is 0 Å². The van der Waals surface area contributed by atoms with Crippen LogP contribution in [0.3, 0.4) is 0 Å². The summed E-state index contributed by atoms with van der Waals surface area (Å²) in [5.41, 5.74) is 2.39. The van der Waals surface area contributed by atoms with Crippen LogP contribution < -0.4 is 10.6 Å². The van der Waals surface area contributed by atoms with Gasteiger partial charge < -0.3 is 10.6 Å². The minimum atomic E-state index is -0.0840. The van der Waals surface area contributed by atoms with Gasteiger partial charge in [-0.15, -0.1) is 0 Å². The first-order valence-corrected chi connectivity index (χ1v) is 6.28. The molecule has 0 saturated heterocycles. The van der Waals surface area contributed by atoms with E-state index < -0.39 is 0 Å². The number of hydrogen-bond donors (Lipinski definition) is 2. The molecule has 0 radical (unpaired) electrons. The standard InChI is InChI=1S/C14H22N2O/c1-4-10-15-14(17)16-13(5-2)12-8-6-11(3)7-9-12/h6-9,13H,4-5,10H2,1-3H3,(H2,15,16,17). The van der Waals surface area contributed by atoms with E-state index in [9.17, 15) is 4.79 Å². The molecule has 2 N–H and O–H groups in total. The third-order valence-electron chi connectivity index (χ3n) is 2.73. The molecule has 0 saturated carbocycles. The summed E-state index contributed by atoms with van der Waals surface area (Å²) in [6.07, 6.45) is 1.84. The molecule has 3 heteroatoms. The van der Waals surface area contributed by atoms with Gasteiger partial charge in [-0.25, -0.2) is 4.79 Å². The molecule has 0 aliphatic heterocycles. The fourth-order valence-electron chi connectivity index (χ4n) is 1.67.